The minimum Gasteiger partial charge on any atom is -0.458 e. The molecule has 1 aromatic carbocycles. The Morgan fingerprint density at radius 1 is 1.37 bits per heavy atom. The number of H-pyrrole nitrogens is 1. The molecule has 0 spiro atoms. The second-order valence-corrected chi connectivity index (χ2v) is 6.86. The van der Waals surface area contributed by atoms with Crippen molar-refractivity contribution in [3.05, 3.63) is 50.9 Å². The van der Waals surface area contributed by atoms with E-state index in [4.69, 9.17) is 22.1 Å². The fraction of sp³-hybridized carbons (Fsp3) is 0.278. The number of aromatic nitrogens is 4. The maximum absolute atomic E-state index is 12.1. The number of fused-ring (bicyclic) bond motifs is 1. The summed E-state index contributed by atoms with van der Waals surface area (Å²) in [4.78, 5) is 38.2. The van der Waals surface area contributed by atoms with E-state index in [1.54, 1.807) is 24.3 Å². The van der Waals surface area contributed by atoms with E-state index in [-0.39, 0.29) is 29.6 Å². The quantitative estimate of drug-likeness (QED) is 0.331. The van der Waals surface area contributed by atoms with Crippen LogP contribution in [-0.2, 0) is 6.61 Å². The number of halogens is 1. The molecule has 0 bridgehead atoms. The van der Waals surface area contributed by atoms with Crippen molar-refractivity contribution in [3.63, 3.8) is 0 Å². The Labute approximate surface area is 174 Å². The lowest BCUT2D eigenvalue weighted by Crippen LogP contribution is -2.35. The number of aliphatic hydroxyl groups is 2. The number of anilines is 1. The van der Waals surface area contributed by atoms with Crippen molar-refractivity contribution in [1.29, 1.82) is 0 Å². The summed E-state index contributed by atoms with van der Waals surface area (Å²) in [6.07, 6.45) is -0.950. The van der Waals surface area contributed by atoms with Crippen LogP contribution in [0.4, 0.5) is 5.82 Å². The van der Waals surface area contributed by atoms with Gasteiger partial charge in [0.25, 0.3) is 11.5 Å². The lowest BCUT2D eigenvalue weighted by atomic mass is 10.2. The molecule has 1 amide bonds. The first-order valence-electron chi connectivity index (χ1n) is 8.83. The Bertz CT molecular complexity index is 1140. The van der Waals surface area contributed by atoms with Crippen LogP contribution in [0.1, 0.15) is 23.0 Å². The van der Waals surface area contributed by atoms with Crippen molar-refractivity contribution in [1.82, 2.24) is 19.9 Å². The average Bonchev–Trinajstić information content (AvgIpc) is 2.69. The molecule has 158 valence electrons. The predicted octanol–water partition coefficient (Wildman–Crippen LogP) is 0.198. The third-order valence-corrected chi connectivity index (χ3v) is 4.36. The molecule has 0 aliphatic heterocycles. The number of hydrogen-bond donors (Lipinski definition) is 5. The number of amides is 1. The number of rotatable bonds is 8. The summed E-state index contributed by atoms with van der Waals surface area (Å²) in [6.45, 7) is 1.13. The van der Waals surface area contributed by atoms with Gasteiger partial charge in [-0.1, -0.05) is 23.7 Å². The van der Waals surface area contributed by atoms with E-state index < -0.39 is 35.9 Å². The highest BCUT2D eigenvalue weighted by Gasteiger charge is 2.20. The van der Waals surface area contributed by atoms with E-state index >= 15 is 0 Å². The molecule has 12 heteroatoms. The van der Waals surface area contributed by atoms with Crippen molar-refractivity contribution in [2.24, 2.45) is 5.73 Å². The van der Waals surface area contributed by atoms with Gasteiger partial charge in [-0.15, -0.1) is 0 Å². The number of aliphatic hydroxyl groups excluding tert-OH is 2. The van der Waals surface area contributed by atoms with Gasteiger partial charge in [0.05, 0.1) is 18.8 Å². The molecule has 11 nitrogen and oxygen atoms in total. The first-order valence-corrected chi connectivity index (χ1v) is 9.21. The molecule has 3 rings (SSSR count). The molecule has 30 heavy (non-hydrogen) atoms. The monoisotopic (exact) mass is 434 g/mol. The normalized spacial score (nSPS) is 13.1. The zero-order valence-electron chi connectivity index (χ0n) is 15.8. The summed E-state index contributed by atoms with van der Waals surface area (Å²) in [5, 5.41) is 22.7. The van der Waals surface area contributed by atoms with E-state index in [0.717, 1.165) is 5.56 Å². The van der Waals surface area contributed by atoms with E-state index in [9.17, 15) is 19.8 Å². The number of primary amides is 1. The smallest absolute Gasteiger partial charge is 0.320 e. The van der Waals surface area contributed by atoms with E-state index in [1.807, 2.05) is 0 Å². The van der Waals surface area contributed by atoms with E-state index in [2.05, 4.69) is 25.3 Å². The van der Waals surface area contributed by atoms with Gasteiger partial charge in [0.1, 0.15) is 12.1 Å². The van der Waals surface area contributed by atoms with Crippen molar-refractivity contribution in [3.8, 4) is 6.01 Å². The minimum atomic E-state index is -1.03. The highest BCUT2D eigenvalue weighted by atomic mass is 35.5. The first kappa shape index (κ1) is 21.4. The molecule has 2 atom stereocenters. The molecule has 2 heterocycles. The number of carbonyl (C=O) groups excluding carboxylic acids is 1. The van der Waals surface area contributed by atoms with Crippen molar-refractivity contribution in [2.45, 2.75) is 25.7 Å². The molecule has 0 unspecified atom stereocenters. The Kier molecular flexibility index (Phi) is 6.45. The Morgan fingerprint density at radius 2 is 2.13 bits per heavy atom. The fourth-order valence-electron chi connectivity index (χ4n) is 2.56. The van der Waals surface area contributed by atoms with Crippen LogP contribution >= 0.6 is 11.6 Å². The van der Waals surface area contributed by atoms with Crippen LogP contribution in [0.15, 0.2) is 29.1 Å². The summed E-state index contributed by atoms with van der Waals surface area (Å²) in [5.74, 6) is -1.00. The van der Waals surface area contributed by atoms with Crippen LogP contribution in [-0.4, -0.2) is 54.8 Å². The Hall–Kier alpha value is -3.28. The predicted molar refractivity (Wildman–Crippen MR) is 108 cm³/mol. The number of nitrogens with zero attached hydrogens (tertiary/aromatic N) is 3. The lowest BCUT2D eigenvalue weighted by molar-refractivity contribution is 0.0994. The topological polar surface area (TPSA) is 176 Å². The van der Waals surface area contributed by atoms with E-state index in [0.29, 0.717) is 5.02 Å². The number of nitrogens with two attached hydrogens (primary N) is 1. The maximum Gasteiger partial charge on any atom is 0.320 e. The zero-order valence-corrected chi connectivity index (χ0v) is 16.6. The SMILES string of the molecule is C[C@H](O)[C@H](CO)Nc1nc(OCc2cccc(Cl)c2)nc2[nH]c(=O)c(C(N)=O)nc12. The van der Waals surface area contributed by atoms with Gasteiger partial charge in [0.2, 0.25) is 0 Å². The molecular weight excluding hydrogens is 416 g/mol. The first-order chi connectivity index (χ1) is 14.3. The van der Waals surface area contributed by atoms with Crippen molar-refractivity contribution in [2.75, 3.05) is 11.9 Å². The summed E-state index contributed by atoms with van der Waals surface area (Å²) in [7, 11) is 0. The Morgan fingerprint density at radius 3 is 2.77 bits per heavy atom. The van der Waals surface area contributed by atoms with Crippen LogP contribution < -0.4 is 21.3 Å². The fourth-order valence-corrected chi connectivity index (χ4v) is 2.77. The molecule has 6 N–H and O–H groups in total. The molecule has 0 aliphatic carbocycles. The molecule has 0 saturated carbocycles. The largest absolute Gasteiger partial charge is 0.458 e. The summed E-state index contributed by atoms with van der Waals surface area (Å²) in [6, 6.07) is 6.06. The van der Waals surface area contributed by atoms with Crippen LogP contribution in [0.5, 0.6) is 6.01 Å². The van der Waals surface area contributed by atoms with Gasteiger partial charge in [0.15, 0.2) is 17.2 Å². The number of aromatic amines is 1. The third-order valence-electron chi connectivity index (χ3n) is 4.13. The summed E-state index contributed by atoms with van der Waals surface area (Å²) < 4.78 is 5.60. The number of ether oxygens (including phenoxy) is 1. The molecular formula is C18H19ClN6O5. The van der Waals surface area contributed by atoms with Crippen LogP contribution in [0.2, 0.25) is 5.02 Å². The molecule has 2 aromatic heterocycles. The van der Waals surface area contributed by atoms with Crippen LogP contribution in [0, 0.1) is 0 Å². The number of hydrogen-bond acceptors (Lipinski definition) is 9. The van der Waals surface area contributed by atoms with Gasteiger partial charge in [-0.3, -0.25) is 9.59 Å². The second kappa shape index (κ2) is 9.03. The summed E-state index contributed by atoms with van der Waals surface area (Å²) >= 11 is 5.96. The van der Waals surface area contributed by atoms with Crippen LogP contribution in [0.3, 0.4) is 0 Å². The average molecular weight is 435 g/mol. The van der Waals surface area contributed by atoms with Gasteiger partial charge in [-0.25, -0.2) is 4.98 Å². The molecule has 0 fully saturated rings. The van der Waals surface area contributed by atoms with Crippen LogP contribution in [0.25, 0.3) is 11.2 Å². The van der Waals surface area contributed by atoms with Gasteiger partial charge < -0.3 is 31.0 Å². The third kappa shape index (κ3) is 4.82. The molecule has 3 aromatic rings. The molecule has 0 aliphatic rings. The van der Waals surface area contributed by atoms with Crippen molar-refractivity contribution >= 4 is 34.5 Å². The Balaban J connectivity index is 2.04. The number of benzene rings is 1. The second-order valence-electron chi connectivity index (χ2n) is 6.42. The highest BCUT2D eigenvalue weighted by molar-refractivity contribution is 6.30. The molecule has 0 radical (unpaired) electrons. The standard InChI is InChI=1S/C18H19ClN6O5/c1-8(27)11(6-26)21-15-13-16(23-17(29)12(22-13)14(20)28)25-18(24-15)30-7-9-3-2-4-10(19)5-9/h2-5,8,11,26-27H,6-7H2,1H3,(H2,20,28)(H2,21,23,24,25,29)/t8-,11-/m0/s1. The van der Waals surface area contributed by atoms with Gasteiger partial charge in [-0.05, 0) is 24.6 Å². The van der Waals surface area contributed by atoms with Gasteiger partial charge in [0, 0.05) is 5.02 Å². The zero-order chi connectivity index (χ0) is 21.8. The summed E-state index contributed by atoms with van der Waals surface area (Å²) in [5.41, 5.74) is 4.58. The number of carbonyl (C=O) groups is 1. The maximum atomic E-state index is 12.1. The number of nitrogens with one attached hydrogen (secondary N) is 2. The van der Waals surface area contributed by atoms with Gasteiger partial charge >= 0.3 is 6.01 Å². The van der Waals surface area contributed by atoms with Gasteiger partial charge in [-0.2, -0.15) is 9.97 Å². The van der Waals surface area contributed by atoms with E-state index in [1.165, 1.54) is 6.92 Å². The minimum absolute atomic E-state index is 0.0117. The lowest BCUT2D eigenvalue weighted by Gasteiger charge is -2.20. The van der Waals surface area contributed by atoms with Crippen molar-refractivity contribution < 1.29 is 19.7 Å². The highest BCUT2D eigenvalue weighted by Crippen LogP contribution is 2.21. The molecule has 0 saturated heterocycles.